The van der Waals surface area contributed by atoms with Crippen LogP contribution in [0.3, 0.4) is 0 Å². The van der Waals surface area contributed by atoms with E-state index in [0.717, 1.165) is 6.54 Å². The van der Waals surface area contributed by atoms with Crippen LogP contribution in [0.2, 0.25) is 0 Å². The van der Waals surface area contributed by atoms with E-state index in [1.807, 2.05) is 6.92 Å². The highest BCUT2D eigenvalue weighted by atomic mass is 16.7. The van der Waals surface area contributed by atoms with Crippen molar-refractivity contribution in [2.24, 2.45) is 0 Å². The molecule has 0 saturated carbocycles. The summed E-state index contributed by atoms with van der Waals surface area (Å²) in [5, 5.41) is 14.3. The molecule has 0 saturated heterocycles. The molecule has 0 aliphatic rings. The molecule has 1 aromatic rings. The Morgan fingerprint density at radius 2 is 2.13 bits per heavy atom. The number of rotatable bonds is 5. The maximum absolute atomic E-state index is 10.3. The Bertz CT molecular complexity index is 305. The summed E-state index contributed by atoms with van der Waals surface area (Å²) >= 11 is 0. The Morgan fingerprint density at radius 1 is 1.53 bits per heavy atom. The fourth-order valence-corrected chi connectivity index (χ4v) is 1.49. The van der Waals surface area contributed by atoms with Gasteiger partial charge in [0.25, 0.3) is 0 Å². The van der Waals surface area contributed by atoms with Gasteiger partial charge in [0.15, 0.2) is 6.29 Å². The van der Waals surface area contributed by atoms with Crippen molar-refractivity contribution in [3.63, 3.8) is 0 Å². The molecule has 0 bridgehead atoms. The first kappa shape index (κ1) is 12.2. The van der Waals surface area contributed by atoms with E-state index in [1.54, 1.807) is 24.0 Å². The maximum Gasteiger partial charge on any atom is 0.189 e. The second-order valence-electron chi connectivity index (χ2n) is 3.54. The largest absolute Gasteiger partial charge is 0.380 e. The van der Waals surface area contributed by atoms with E-state index >= 15 is 0 Å². The number of hydrogen-bond acceptors (Lipinski definition) is 4. The quantitative estimate of drug-likeness (QED) is 0.734. The van der Waals surface area contributed by atoms with Crippen molar-refractivity contribution in [3.05, 3.63) is 18.0 Å². The highest BCUT2D eigenvalue weighted by Gasteiger charge is 2.35. The van der Waals surface area contributed by atoms with E-state index in [0.29, 0.717) is 5.56 Å². The van der Waals surface area contributed by atoms with Gasteiger partial charge in [0.2, 0.25) is 0 Å². The van der Waals surface area contributed by atoms with Crippen molar-refractivity contribution in [2.75, 3.05) is 14.2 Å². The summed E-state index contributed by atoms with van der Waals surface area (Å²) < 4.78 is 11.8. The van der Waals surface area contributed by atoms with E-state index in [4.69, 9.17) is 9.47 Å². The zero-order valence-electron chi connectivity index (χ0n) is 9.60. The van der Waals surface area contributed by atoms with Gasteiger partial charge >= 0.3 is 0 Å². The minimum absolute atomic E-state index is 0.679. The molecule has 0 radical (unpaired) electrons. The predicted octanol–water partition coefficient (Wildman–Crippen LogP) is 0.729. The lowest BCUT2D eigenvalue weighted by atomic mass is 9.99. The molecule has 0 amide bonds. The highest BCUT2D eigenvalue weighted by molar-refractivity contribution is 5.15. The molecule has 15 heavy (non-hydrogen) atoms. The van der Waals surface area contributed by atoms with Gasteiger partial charge < -0.3 is 14.6 Å². The summed E-state index contributed by atoms with van der Waals surface area (Å²) in [6.45, 7) is 4.39. The molecular formula is C10H18N2O3. The van der Waals surface area contributed by atoms with Crippen molar-refractivity contribution in [3.8, 4) is 0 Å². The monoisotopic (exact) mass is 214 g/mol. The van der Waals surface area contributed by atoms with Crippen LogP contribution in [0.1, 0.15) is 19.4 Å². The topological polar surface area (TPSA) is 56.5 Å². The number of aliphatic hydroxyl groups is 1. The third-order valence-electron chi connectivity index (χ3n) is 2.43. The Kier molecular flexibility index (Phi) is 3.84. The van der Waals surface area contributed by atoms with Crippen LogP contribution in [0.15, 0.2) is 12.4 Å². The molecule has 0 fully saturated rings. The summed E-state index contributed by atoms with van der Waals surface area (Å²) in [5.41, 5.74) is -0.519. The smallest absolute Gasteiger partial charge is 0.189 e. The first-order valence-corrected chi connectivity index (χ1v) is 4.87. The minimum Gasteiger partial charge on any atom is -0.380 e. The molecule has 1 unspecified atom stereocenters. The van der Waals surface area contributed by atoms with Crippen molar-refractivity contribution < 1.29 is 14.6 Å². The van der Waals surface area contributed by atoms with Crippen molar-refractivity contribution >= 4 is 0 Å². The molecule has 1 atom stereocenters. The second-order valence-corrected chi connectivity index (χ2v) is 3.54. The van der Waals surface area contributed by atoms with Crippen LogP contribution in [-0.2, 0) is 21.6 Å². The fourth-order valence-electron chi connectivity index (χ4n) is 1.49. The van der Waals surface area contributed by atoms with Crippen molar-refractivity contribution in [1.29, 1.82) is 0 Å². The lowest BCUT2D eigenvalue weighted by molar-refractivity contribution is -0.213. The SMILES string of the molecule is CCn1cc(C(C)(O)C(OC)OC)cn1. The summed E-state index contributed by atoms with van der Waals surface area (Å²) in [7, 11) is 2.99. The van der Waals surface area contributed by atoms with Crippen LogP contribution in [0.25, 0.3) is 0 Å². The van der Waals surface area contributed by atoms with Gasteiger partial charge in [-0.3, -0.25) is 4.68 Å². The molecular weight excluding hydrogens is 196 g/mol. The van der Waals surface area contributed by atoms with Gasteiger partial charge in [-0.2, -0.15) is 5.10 Å². The Hall–Kier alpha value is -0.910. The van der Waals surface area contributed by atoms with Gasteiger partial charge in [-0.25, -0.2) is 0 Å². The third kappa shape index (κ3) is 2.37. The van der Waals surface area contributed by atoms with Crippen LogP contribution in [0.5, 0.6) is 0 Å². The van der Waals surface area contributed by atoms with Crippen LogP contribution in [0, 0.1) is 0 Å². The van der Waals surface area contributed by atoms with E-state index < -0.39 is 11.9 Å². The molecule has 0 spiro atoms. The number of nitrogens with zero attached hydrogens (tertiary/aromatic N) is 2. The van der Waals surface area contributed by atoms with Crippen molar-refractivity contribution in [1.82, 2.24) is 9.78 Å². The van der Waals surface area contributed by atoms with E-state index in [9.17, 15) is 5.11 Å². The lowest BCUT2D eigenvalue weighted by Crippen LogP contribution is -2.39. The van der Waals surface area contributed by atoms with Gasteiger partial charge in [0, 0.05) is 32.5 Å². The lowest BCUT2D eigenvalue weighted by Gasteiger charge is -2.29. The molecule has 5 nitrogen and oxygen atoms in total. The van der Waals surface area contributed by atoms with Gasteiger partial charge in [-0.1, -0.05) is 0 Å². The molecule has 5 heteroatoms. The normalized spacial score (nSPS) is 15.6. The third-order valence-corrected chi connectivity index (χ3v) is 2.43. The Balaban J connectivity index is 2.93. The average Bonchev–Trinajstić information content (AvgIpc) is 2.67. The van der Waals surface area contributed by atoms with E-state index in [-0.39, 0.29) is 0 Å². The molecule has 86 valence electrons. The Labute approximate surface area is 89.6 Å². The van der Waals surface area contributed by atoms with Gasteiger partial charge in [0.1, 0.15) is 5.60 Å². The number of aromatic nitrogens is 2. The summed E-state index contributed by atoms with van der Waals surface area (Å²) in [4.78, 5) is 0. The predicted molar refractivity (Wildman–Crippen MR) is 55.3 cm³/mol. The van der Waals surface area contributed by atoms with E-state index in [2.05, 4.69) is 5.10 Å². The zero-order valence-corrected chi connectivity index (χ0v) is 9.60. The molecule has 1 aromatic heterocycles. The fraction of sp³-hybridized carbons (Fsp3) is 0.700. The van der Waals surface area contributed by atoms with Crippen LogP contribution < -0.4 is 0 Å². The van der Waals surface area contributed by atoms with Gasteiger partial charge in [0.05, 0.1) is 6.20 Å². The van der Waals surface area contributed by atoms with E-state index in [1.165, 1.54) is 14.2 Å². The number of aryl methyl sites for hydroxylation is 1. The van der Waals surface area contributed by atoms with Crippen LogP contribution in [0.4, 0.5) is 0 Å². The average molecular weight is 214 g/mol. The second kappa shape index (κ2) is 4.74. The highest BCUT2D eigenvalue weighted by Crippen LogP contribution is 2.26. The molecule has 0 aliphatic heterocycles. The molecule has 0 aromatic carbocycles. The summed E-state index contributed by atoms with van der Waals surface area (Å²) in [6.07, 6.45) is 2.70. The number of methoxy groups -OCH3 is 2. The number of ether oxygens (including phenoxy) is 2. The zero-order chi connectivity index (χ0) is 11.5. The molecule has 1 rings (SSSR count). The van der Waals surface area contributed by atoms with Gasteiger partial charge in [-0.05, 0) is 13.8 Å². The van der Waals surface area contributed by atoms with Gasteiger partial charge in [-0.15, -0.1) is 0 Å². The number of hydrogen-bond donors (Lipinski definition) is 1. The maximum atomic E-state index is 10.3. The summed E-state index contributed by atoms with van der Waals surface area (Å²) in [5.74, 6) is 0. The molecule has 1 N–H and O–H groups in total. The van der Waals surface area contributed by atoms with Crippen molar-refractivity contribution in [2.45, 2.75) is 32.3 Å². The minimum atomic E-state index is -1.20. The Morgan fingerprint density at radius 3 is 2.53 bits per heavy atom. The first-order valence-electron chi connectivity index (χ1n) is 4.87. The van der Waals surface area contributed by atoms with Crippen LogP contribution >= 0.6 is 0 Å². The standard InChI is InChI=1S/C10H18N2O3/c1-5-12-7-8(6-11-12)10(2,13)9(14-3)15-4/h6-7,9,13H,5H2,1-4H3. The first-order chi connectivity index (χ1) is 7.06. The molecule has 0 aliphatic carbocycles. The summed E-state index contributed by atoms with van der Waals surface area (Å²) in [6, 6.07) is 0. The molecule has 1 heterocycles. The van der Waals surface area contributed by atoms with Crippen LogP contribution in [-0.4, -0.2) is 35.4 Å².